The number of carbonyl (C=O) groups excluding carboxylic acids is 9. The number of urea groups is 1. The smallest absolute Gasteiger partial charge is 0.312 e. The first-order valence-electron chi connectivity index (χ1n) is 20.3. The van der Waals surface area contributed by atoms with Crippen LogP contribution in [0.5, 0.6) is 0 Å². The Hall–Kier alpha value is -6.92. The number of rotatable bonds is 28. The molecule has 17 N–H and O–H groups in total. The van der Waals surface area contributed by atoms with Crippen LogP contribution in [-0.2, 0) is 49.6 Å². The van der Waals surface area contributed by atoms with Gasteiger partial charge in [-0.1, -0.05) is 56.3 Å². The maximum absolute atomic E-state index is 14.0. The summed E-state index contributed by atoms with van der Waals surface area (Å²) in [4.78, 5) is 127. The second-order valence-electron chi connectivity index (χ2n) is 15.0. The number of hydrogen-bond donors (Lipinski definition) is 14. The van der Waals surface area contributed by atoms with Gasteiger partial charge in [0.25, 0.3) is 0 Å². The number of amides is 10. The molecule has 0 aromatic heterocycles. The molecule has 2 aromatic rings. The first-order chi connectivity index (χ1) is 30.2. The van der Waals surface area contributed by atoms with Crippen LogP contribution < -0.4 is 59.7 Å². The van der Waals surface area contributed by atoms with E-state index in [0.29, 0.717) is 12.0 Å². The van der Waals surface area contributed by atoms with Crippen LogP contribution in [0.15, 0.2) is 42.5 Å². The number of aliphatic hydroxyl groups excluding tert-OH is 2. The standard InChI is InChI=1S/C40H59N11O13/c1-21(2)33(39(63)46-19-31(55)44-13-6-14-52)51-38(62)29(20-53)50-36(60)27(17-30(42)54)49-35(59)26(16-22-10-11-23-7-3-4-8-24(23)15-22)48-37(61)28(18-32(56)57)47-34(58)25(41)9-5-12-45-40(43)64/h3-4,7-8,10-11,15,21,25-29,33,52-53H,5-6,9,12-14,16-20,41H2,1-2H3,(H2,42,54)(H,44,55)(H,46,63)(H,47,58)(H,48,61)(H,49,59)(H,50,60)(H,51,62)(H,56,57)(H3,43,45,64)/t25-,26-,27-,28-,29-,33-/m0/s1. The van der Waals surface area contributed by atoms with Crippen LogP contribution in [0.1, 0.15) is 51.5 Å². The number of aliphatic carboxylic acids is 1. The molecule has 24 nitrogen and oxygen atoms in total. The topological polar surface area (TPSA) is 406 Å². The fourth-order valence-corrected chi connectivity index (χ4v) is 6.00. The molecular weight excluding hydrogens is 843 g/mol. The van der Waals surface area contributed by atoms with Gasteiger partial charge < -0.3 is 75.1 Å². The zero-order valence-electron chi connectivity index (χ0n) is 35.5. The second-order valence-corrected chi connectivity index (χ2v) is 15.0. The Morgan fingerprint density at radius 2 is 1.19 bits per heavy atom. The monoisotopic (exact) mass is 901 g/mol. The zero-order valence-corrected chi connectivity index (χ0v) is 35.5. The van der Waals surface area contributed by atoms with Gasteiger partial charge in [0.1, 0.15) is 30.2 Å². The van der Waals surface area contributed by atoms with Crippen molar-refractivity contribution in [3.05, 3.63) is 48.0 Å². The minimum atomic E-state index is -1.83. The van der Waals surface area contributed by atoms with Gasteiger partial charge in [-0.05, 0) is 41.5 Å². The number of carboxylic acid groups (broad SMARTS) is 1. The van der Waals surface area contributed by atoms with Gasteiger partial charge in [0.05, 0.1) is 32.0 Å². The number of nitrogens with one attached hydrogen (secondary N) is 8. The van der Waals surface area contributed by atoms with Gasteiger partial charge in [-0.2, -0.15) is 0 Å². The van der Waals surface area contributed by atoms with E-state index in [1.807, 2.05) is 6.07 Å². The summed E-state index contributed by atoms with van der Waals surface area (Å²) in [5, 5.41) is 48.9. The molecule has 2 rings (SSSR count). The van der Waals surface area contributed by atoms with Crippen LogP contribution in [-0.4, -0.2) is 144 Å². The number of primary amides is 2. The fraction of sp³-hybridized carbons (Fsp3) is 0.500. The number of carbonyl (C=O) groups is 10. The third-order valence-electron chi connectivity index (χ3n) is 9.41. The van der Waals surface area contributed by atoms with Gasteiger partial charge >= 0.3 is 12.0 Å². The summed E-state index contributed by atoms with van der Waals surface area (Å²) in [5.41, 5.74) is 16.8. The van der Waals surface area contributed by atoms with Crippen molar-refractivity contribution in [2.24, 2.45) is 23.1 Å². The fourth-order valence-electron chi connectivity index (χ4n) is 6.00. The molecular formula is C40H59N11O13. The summed E-state index contributed by atoms with van der Waals surface area (Å²) in [6.07, 6.45) is -1.58. The Morgan fingerprint density at radius 1 is 0.625 bits per heavy atom. The quantitative estimate of drug-likeness (QED) is 0.0357. The van der Waals surface area contributed by atoms with E-state index in [-0.39, 0.29) is 39.0 Å². The highest BCUT2D eigenvalue weighted by Gasteiger charge is 2.34. The van der Waals surface area contributed by atoms with Crippen molar-refractivity contribution in [3.63, 3.8) is 0 Å². The average Bonchev–Trinajstić information content (AvgIpc) is 3.23. The number of carboxylic acids is 1. The molecule has 0 radical (unpaired) electrons. The Morgan fingerprint density at radius 3 is 1.78 bits per heavy atom. The highest BCUT2D eigenvalue weighted by Crippen LogP contribution is 2.17. The van der Waals surface area contributed by atoms with Crippen LogP contribution in [0.3, 0.4) is 0 Å². The van der Waals surface area contributed by atoms with Crippen LogP contribution >= 0.6 is 0 Å². The Kier molecular flexibility index (Phi) is 22.6. The molecule has 0 aliphatic heterocycles. The van der Waals surface area contributed by atoms with Crippen molar-refractivity contribution in [3.8, 4) is 0 Å². The first kappa shape index (κ1) is 53.2. The van der Waals surface area contributed by atoms with Gasteiger partial charge in [-0.15, -0.1) is 0 Å². The lowest BCUT2D eigenvalue weighted by molar-refractivity contribution is -0.141. The molecule has 0 heterocycles. The minimum absolute atomic E-state index is 0.00361. The largest absolute Gasteiger partial charge is 0.481 e. The SMILES string of the molecule is CC(C)[C@H](NC(=O)[C@H](CO)NC(=O)[C@H](CC(N)=O)NC(=O)[C@H](Cc1ccc2ccccc2c1)NC(=O)[C@H](CC(=O)O)NC(=O)[C@@H](N)CCCNC(N)=O)C(=O)NCC(=O)NCCCO. The minimum Gasteiger partial charge on any atom is -0.481 e. The average molecular weight is 902 g/mol. The van der Waals surface area contributed by atoms with Gasteiger partial charge in [0.2, 0.25) is 47.3 Å². The van der Waals surface area contributed by atoms with Gasteiger partial charge in [0.15, 0.2) is 0 Å². The molecule has 0 aliphatic rings. The van der Waals surface area contributed by atoms with Crippen LogP contribution in [0.25, 0.3) is 10.8 Å². The lowest BCUT2D eigenvalue weighted by Gasteiger charge is -2.27. The van der Waals surface area contributed by atoms with Crippen LogP contribution in [0.2, 0.25) is 0 Å². The molecule has 0 bridgehead atoms. The molecule has 0 saturated carbocycles. The number of benzene rings is 2. The Labute approximate surface area is 367 Å². The Balaban J connectivity index is 2.34. The molecule has 0 aliphatic carbocycles. The second kappa shape index (κ2) is 27.2. The van der Waals surface area contributed by atoms with Crippen molar-refractivity contribution >= 4 is 70.0 Å². The van der Waals surface area contributed by atoms with E-state index in [0.717, 1.165) is 10.8 Å². The maximum atomic E-state index is 14.0. The predicted octanol–water partition coefficient (Wildman–Crippen LogP) is -4.80. The zero-order chi connectivity index (χ0) is 47.9. The number of fused-ring (bicyclic) bond motifs is 1. The Bertz CT molecular complexity index is 1980. The van der Waals surface area contributed by atoms with Gasteiger partial charge in [-0.3, -0.25) is 43.2 Å². The van der Waals surface area contributed by atoms with Crippen LogP contribution in [0.4, 0.5) is 4.79 Å². The molecule has 2 aromatic carbocycles. The third kappa shape index (κ3) is 19.0. The summed E-state index contributed by atoms with van der Waals surface area (Å²) < 4.78 is 0. The normalized spacial score (nSPS) is 13.7. The highest BCUT2D eigenvalue weighted by atomic mass is 16.4. The maximum Gasteiger partial charge on any atom is 0.312 e. The summed E-state index contributed by atoms with van der Waals surface area (Å²) in [6.45, 7) is 1.75. The van der Waals surface area contributed by atoms with Gasteiger partial charge in [-0.25, -0.2) is 4.79 Å². The highest BCUT2D eigenvalue weighted by molar-refractivity contribution is 5.99. The van der Waals surface area contributed by atoms with Crippen molar-refractivity contribution in [2.45, 2.75) is 88.6 Å². The van der Waals surface area contributed by atoms with E-state index in [9.17, 15) is 58.2 Å². The molecule has 0 fully saturated rings. The lowest BCUT2D eigenvalue weighted by Crippen LogP contribution is -2.61. The van der Waals surface area contributed by atoms with E-state index < -0.39 is 127 Å². The third-order valence-corrected chi connectivity index (χ3v) is 9.41. The first-order valence-corrected chi connectivity index (χ1v) is 20.3. The molecule has 6 atom stereocenters. The van der Waals surface area contributed by atoms with E-state index in [2.05, 4.69) is 42.5 Å². The number of hydrogen-bond acceptors (Lipinski definition) is 13. The predicted molar refractivity (Wildman–Crippen MR) is 228 cm³/mol. The molecule has 0 unspecified atom stereocenters. The molecule has 352 valence electrons. The van der Waals surface area contributed by atoms with Crippen molar-refractivity contribution in [1.82, 2.24) is 42.5 Å². The lowest BCUT2D eigenvalue weighted by atomic mass is 10.00. The summed E-state index contributed by atoms with van der Waals surface area (Å²) in [5.74, 6) is -9.91. The molecule has 24 heteroatoms. The molecule has 10 amide bonds. The molecule has 0 spiro atoms. The van der Waals surface area contributed by atoms with E-state index in [1.165, 1.54) is 0 Å². The number of aliphatic hydroxyl groups is 2. The van der Waals surface area contributed by atoms with Crippen LogP contribution in [0, 0.1) is 5.92 Å². The number of nitrogens with two attached hydrogens (primary N) is 3. The summed E-state index contributed by atoms with van der Waals surface area (Å²) in [7, 11) is 0. The van der Waals surface area contributed by atoms with E-state index in [1.54, 1.807) is 50.2 Å². The van der Waals surface area contributed by atoms with Crippen molar-refractivity contribution < 1.29 is 63.3 Å². The molecule has 64 heavy (non-hydrogen) atoms. The van der Waals surface area contributed by atoms with Crippen molar-refractivity contribution in [1.29, 1.82) is 0 Å². The molecule has 0 saturated heterocycles. The summed E-state index contributed by atoms with van der Waals surface area (Å²) in [6, 6.07) is 2.01. The van der Waals surface area contributed by atoms with E-state index in [4.69, 9.17) is 22.3 Å². The van der Waals surface area contributed by atoms with Gasteiger partial charge in [0, 0.05) is 26.1 Å². The van der Waals surface area contributed by atoms with E-state index >= 15 is 0 Å². The van der Waals surface area contributed by atoms with Crippen molar-refractivity contribution in [2.75, 3.05) is 32.8 Å². The summed E-state index contributed by atoms with van der Waals surface area (Å²) >= 11 is 0.